The Balaban J connectivity index is 1.53. The van der Waals surface area contributed by atoms with Crippen LogP contribution >= 0.6 is 0 Å². The molecule has 0 unspecified atom stereocenters. The van der Waals surface area contributed by atoms with E-state index < -0.39 is 0 Å². The lowest BCUT2D eigenvalue weighted by Crippen LogP contribution is -2.50. The largest absolute Gasteiger partial charge is 0.497 e. The Labute approximate surface area is 141 Å². The van der Waals surface area contributed by atoms with Gasteiger partial charge in [0, 0.05) is 31.9 Å². The van der Waals surface area contributed by atoms with E-state index in [9.17, 15) is 4.79 Å². The second-order valence-electron chi connectivity index (χ2n) is 5.67. The fourth-order valence-corrected chi connectivity index (χ4v) is 2.58. The summed E-state index contributed by atoms with van der Waals surface area (Å²) in [6.07, 6.45) is 0. The first kappa shape index (κ1) is 16.0. The number of carbonyl (C=O) groups is 1. The van der Waals surface area contributed by atoms with Gasteiger partial charge in [-0.2, -0.15) is 5.10 Å². The number of nitrogens with one attached hydrogen (secondary N) is 1. The number of benzene rings is 1. The third-order valence-electron chi connectivity index (χ3n) is 4.02. The second kappa shape index (κ2) is 7.16. The highest BCUT2D eigenvalue weighted by molar-refractivity contribution is 5.89. The summed E-state index contributed by atoms with van der Waals surface area (Å²) in [5.74, 6) is 1.62. The Kier molecular flexibility index (Phi) is 4.79. The number of aryl methyl sites for hydroxylation is 1. The lowest BCUT2D eigenvalue weighted by molar-refractivity contribution is 0.208. The number of ether oxygens (including phenoxy) is 1. The quantitative estimate of drug-likeness (QED) is 0.935. The van der Waals surface area contributed by atoms with Gasteiger partial charge in [-0.05, 0) is 43.3 Å². The van der Waals surface area contributed by atoms with E-state index in [1.165, 1.54) is 0 Å². The molecule has 0 radical (unpaired) electrons. The maximum Gasteiger partial charge on any atom is 0.321 e. The van der Waals surface area contributed by atoms with Crippen LogP contribution in [0.1, 0.15) is 5.69 Å². The van der Waals surface area contributed by atoms with E-state index in [1.54, 1.807) is 7.11 Å². The van der Waals surface area contributed by atoms with E-state index >= 15 is 0 Å². The van der Waals surface area contributed by atoms with Crippen LogP contribution in [0.5, 0.6) is 5.75 Å². The number of nitrogens with zero attached hydrogens (tertiary/aromatic N) is 4. The number of methoxy groups -OCH3 is 1. The van der Waals surface area contributed by atoms with Crippen molar-refractivity contribution in [3.63, 3.8) is 0 Å². The van der Waals surface area contributed by atoms with E-state index in [0.717, 1.165) is 36.0 Å². The number of aromatic nitrogens is 2. The van der Waals surface area contributed by atoms with Crippen LogP contribution in [0.2, 0.25) is 0 Å². The van der Waals surface area contributed by atoms with Crippen molar-refractivity contribution in [1.82, 2.24) is 15.1 Å². The Bertz CT molecular complexity index is 679. The van der Waals surface area contributed by atoms with Gasteiger partial charge in [-0.25, -0.2) is 4.79 Å². The molecule has 126 valence electrons. The molecule has 2 amide bonds. The lowest BCUT2D eigenvalue weighted by atomic mass is 10.3. The number of piperazine rings is 1. The Morgan fingerprint density at radius 1 is 1.04 bits per heavy atom. The van der Waals surface area contributed by atoms with Gasteiger partial charge in [-0.1, -0.05) is 0 Å². The van der Waals surface area contributed by atoms with E-state index in [4.69, 9.17) is 4.74 Å². The normalized spacial score (nSPS) is 14.4. The van der Waals surface area contributed by atoms with Crippen molar-refractivity contribution in [3.05, 3.63) is 42.1 Å². The molecule has 24 heavy (non-hydrogen) atoms. The fourth-order valence-electron chi connectivity index (χ4n) is 2.58. The molecule has 3 rings (SSSR count). The van der Waals surface area contributed by atoms with Crippen LogP contribution in [0, 0.1) is 6.92 Å². The van der Waals surface area contributed by atoms with Crippen molar-refractivity contribution in [1.29, 1.82) is 0 Å². The zero-order valence-electron chi connectivity index (χ0n) is 13.9. The molecule has 0 aliphatic carbocycles. The van der Waals surface area contributed by atoms with Crippen LogP contribution in [0.25, 0.3) is 0 Å². The van der Waals surface area contributed by atoms with Crippen molar-refractivity contribution in [2.75, 3.05) is 43.5 Å². The third-order valence-corrected chi connectivity index (χ3v) is 4.02. The van der Waals surface area contributed by atoms with Gasteiger partial charge in [-0.3, -0.25) is 0 Å². The predicted octanol–water partition coefficient (Wildman–Crippen LogP) is 2.15. The third kappa shape index (κ3) is 3.73. The van der Waals surface area contributed by atoms with Crippen LogP contribution < -0.4 is 15.0 Å². The highest BCUT2D eigenvalue weighted by atomic mass is 16.5. The summed E-state index contributed by atoms with van der Waals surface area (Å²) < 4.78 is 5.11. The summed E-state index contributed by atoms with van der Waals surface area (Å²) >= 11 is 0. The average molecular weight is 327 g/mol. The summed E-state index contributed by atoms with van der Waals surface area (Å²) in [5, 5.41) is 11.2. The van der Waals surface area contributed by atoms with Crippen molar-refractivity contribution in [2.45, 2.75) is 6.92 Å². The molecule has 0 atom stereocenters. The lowest BCUT2D eigenvalue weighted by Gasteiger charge is -2.35. The molecule has 7 nitrogen and oxygen atoms in total. The topological polar surface area (TPSA) is 70.6 Å². The molecule has 2 aromatic rings. The van der Waals surface area contributed by atoms with E-state index in [0.29, 0.717) is 13.1 Å². The minimum atomic E-state index is -0.0881. The van der Waals surface area contributed by atoms with E-state index in [2.05, 4.69) is 20.4 Å². The predicted molar refractivity (Wildman–Crippen MR) is 92.6 cm³/mol. The Morgan fingerprint density at radius 2 is 1.75 bits per heavy atom. The molecule has 7 heteroatoms. The van der Waals surface area contributed by atoms with Gasteiger partial charge in [0.2, 0.25) is 0 Å². The smallest absolute Gasteiger partial charge is 0.321 e. The number of amides is 2. The van der Waals surface area contributed by atoms with Crippen LogP contribution in [-0.2, 0) is 0 Å². The van der Waals surface area contributed by atoms with Crippen molar-refractivity contribution in [3.8, 4) is 5.75 Å². The molecule has 1 saturated heterocycles. The van der Waals surface area contributed by atoms with Gasteiger partial charge in [0.1, 0.15) is 5.75 Å². The van der Waals surface area contributed by atoms with E-state index in [-0.39, 0.29) is 6.03 Å². The summed E-state index contributed by atoms with van der Waals surface area (Å²) in [5.41, 5.74) is 1.66. The van der Waals surface area contributed by atoms with Crippen LogP contribution in [0.15, 0.2) is 36.4 Å². The number of hydrogen-bond acceptors (Lipinski definition) is 5. The minimum absolute atomic E-state index is 0.0881. The van der Waals surface area contributed by atoms with Crippen LogP contribution in [0.3, 0.4) is 0 Å². The monoisotopic (exact) mass is 327 g/mol. The van der Waals surface area contributed by atoms with Gasteiger partial charge < -0.3 is 19.9 Å². The summed E-state index contributed by atoms with van der Waals surface area (Å²) in [4.78, 5) is 16.3. The molecule has 0 spiro atoms. The Morgan fingerprint density at radius 3 is 2.33 bits per heavy atom. The molecule has 2 heterocycles. The zero-order chi connectivity index (χ0) is 16.9. The molecular weight excluding hydrogens is 306 g/mol. The SMILES string of the molecule is COc1ccc(NC(=O)N2CCN(c3ccc(C)nn3)CC2)cc1. The van der Waals surface area contributed by atoms with Crippen LogP contribution in [0.4, 0.5) is 16.3 Å². The second-order valence-corrected chi connectivity index (χ2v) is 5.67. The standard InChI is InChI=1S/C17H21N5O2/c1-13-3-8-16(20-19-13)21-9-11-22(12-10-21)17(23)18-14-4-6-15(24-2)7-5-14/h3-8H,9-12H2,1-2H3,(H,18,23). The summed E-state index contributed by atoms with van der Waals surface area (Å²) in [6, 6.07) is 11.1. The highest BCUT2D eigenvalue weighted by Gasteiger charge is 2.22. The molecule has 1 fully saturated rings. The fraction of sp³-hybridized carbons (Fsp3) is 0.353. The molecule has 1 aliphatic heterocycles. The minimum Gasteiger partial charge on any atom is -0.497 e. The van der Waals surface area contributed by atoms with Gasteiger partial charge >= 0.3 is 6.03 Å². The zero-order valence-corrected chi connectivity index (χ0v) is 13.9. The van der Waals surface area contributed by atoms with E-state index in [1.807, 2.05) is 48.2 Å². The highest BCUT2D eigenvalue weighted by Crippen LogP contribution is 2.17. The van der Waals surface area contributed by atoms with Gasteiger partial charge in [0.25, 0.3) is 0 Å². The number of urea groups is 1. The number of rotatable bonds is 3. The molecular formula is C17H21N5O2. The number of carbonyl (C=O) groups excluding carboxylic acids is 1. The molecule has 1 aromatic heterocycles. The first-order valence-electron chi connectivity index (χ1n) is 7.91. The van der Waals surface area contributed by atoms with Crippen molar-refractivity contribution < 1.29 is 9.53 Å². The first-order valence-corrected chi connectivity index (χ1v) is 7.91. The number of anilines is 2. The first-order chi connectivity index (χ1) is 11.7. The maximum atomic E-state index is 12.3. The average Bonchev–Trinajstić information content (AvgIpc) is 2.63. The molecule has 1 N–H and O–H groups in total. The molecule has 0 saturated carbocycles. The Hall–Kier alpha value is -2.83. The van der Waals surface area contributed by atoms with Crippen molar-refractivity contribution in [2.24, 2.45) is 0 Å². The van der Waals surface area contributed by atoms with Gasteiger partial charge in [-0.15, -0.1) is 5.10 Å². The van der Waals surface area contributed by atoms with Gasteiger partial charge in [0.05, 0.1) is 12.8 Å². The molecule has 1 aliphatic rings. The van der Waals surface area contributed by atoms with Crippen LogP contribution in [-0.4, -0.2) is 54.4 Å². The molecule has 0 bridgehead atoms. The maximum absolute atomic E-state index is 12.3. The van der Waals surface area contributed by atoms with Crippen molar-refractivity contribution >= 4 is 17.5 Å². The molecule has 1 aromatic carbocycles. The summed E-state index contributed by atoms with van der Waals surface area (Å²) in [7, 11) is 1.62. The van der Waals surface area contributed by atoms with Gasteiger partial charge in [0.15, 0.2) is 5.82 Å². The number of hydrogen-bond donors (Lipinski definition) is 1. The summed E-state index contributed by atoms with van der Waals surface area (Å²) in [6.45, 7) is 4.70.